The third-order valence-electron chi connectivity index (χ3n) is 3.61. The van der Waals surface area contributed by atoms with Gasteiger partial charge in [0.05, 0.1) is 6.20 Å². The molecule has 1 aliphatic heterocycles. The predicted molar refractivity (Wildman–Crippen MR) is 90.4 cm³/mol. The van der Waals surface area contributed by atoms with Crippen molar-refractivity contribution < 1.29 is 4.79 Å². The number of thiazole rings is 1. The zero-order valence-electron chi connectivity index (χ0n) is 13.1. The van der Waals surface area contributed by atoms with Crippen molar-refractivity contribution in [2.45, 2.75) is 0 Å². The molecule has 1 saturated heterocycles. The number of amides is 2. The summed E-state index contributed by atoms with van der Waals surface area (Å²) in [7, 11) is 1.63. The van der Waals surface area contributed by atoms with E-state index in [2.05, 4.69) is 36.6 Å². The maximum atomic E-state index is 11.6. The van der Waals surface area contributed by atoms with Crippen molar-refractivity contribution in [3.05, 3.63) is 23.5 Å². The molecule has 0 unspecified atom stereocenters. The van der Waals surface area contributed by atoms with Crippen LogP contribution in [0.1, 0.15) is 4.88 Å². The highest BCUT2D eigenvalue weighted by molar-refractivity contribution is 7.16. The summed E-state index contributed by atoms with van der Waals surface area (Å²) in [4.78, 5) is 28.7. The highest BCUT2D eigenvalue weighted by atomic mass is 32.1. The Balaban J connectivity index is 1.65. The van der Waals surface area contributed by atoms with Gasteiger partial charge >= 0.3 is 6.03 Å². The molecule has 2 N–H and O–H groups in total. The first-order valence-corrected chi connectivity index (χ1v) is 8.18. The van der Waals surface area contributed by atoms with Crippen LogP contribution in [-0.4, -0.2) is 59.1 Å². The van der Waals surface area contributed by atoms with Crippen molar-refractivity contribution in [3.8, 4) is 6.07 Å². The predicted octanol–water partition coefficient (Wildman–Crippen LogP) is 1.01. The van der Waals surface area contributed by atoms with E-state index in [9.17, 15) is 4.79 Å². The molecule has 3 heterocycles. The minimum atomic E-state index is -0.0586. The van der Waals surface area contributed by atoms with Crippen molar-refractivity contribution in [3.63, 3.8) is 0 Å². The van der Waals surface area contributed by atoms with Crippen molar-refractivity contribution in [2.24, 2.45) is 0 Å². The average molecular weight is 344 g/mol. The average Bonchev–Trinajstić information content (AvgIpc) is 3.09. The van der Waals surface area contributed by atoms with Crippen LogP contribution in [0.2, 0.25) is 0 Å². The van der Waals surface area contributed by atoms with Gasteiger partial charge in [-0.25, -0.2) is 19.7 Å². The van der Waals surface area contributed by atoms with Gasteiger partial charge in [-0.3, -0.25) is 0 Å². The molecular formula is C14H16N8OS. The molecule has 124 valence electrons. The minimum absolute atomic E-state index is 0.0586. The second-order valence-electron chi connectivity index (χ2n) is 5.06. The Labute approximate surface area is 143 Å². The normalized spacial score (nSPS) is 14.2. The topological polar surface area (TPSA) is 110 Å². The van der Waals surface area contributed by atoms with E-state index >= 15 is 0 Å². The van der Waals surface area contributed by atoms with Gasteiger partial charge in [-0.1, -0.05) is 11.3 Å². The molecule has 10 heteroatoms. The highest BCUT2D eigenvalue weighted by Crippen LogP contribution is 2.23. The number of anilines is 3. The summed E-state index contributed by atoms with van der Waals surface area (Å²) in [5.41, 5.74) is 0. The summed E-state index contributed by atoms with van der Waals surface area (Å²) in [5, 5.41) is 15.2. The lowest BCUT2D eigenvalue weighted by Crippen LogP contribution is -2.51. The Bertz CT molecular complexity index is 762. The van der Waals surface area contributed by atoms with Crippen molar-refractivity contribution >= 4 is 34.1 Å². The van der Waals surface area contributed by atoms with E-state index < -0.39 is 0 Å². The monoisotopic (exact) mass is 344 g/mol. The molecule has 2 amide bonds. The summed E-state index contributed by atoms with van der Waals surface area (Å²) < 4.78 is 0. The first-order valence-electron chi connectivity index (χ1n) is 7.36. The number of carbonyl (C=O) groups is 1. The summed E-state index contributed by atoms with van der Waals surface area (Å²) in [6, 6.07) is 3.83. The largest absolute Gasteiger partial charge is 0.353 e. The number of urea groups is 1. The van der Waals surface area contributed by atoms with Crippen LogP contribution in [0.4, 0.5) is 21.6 Å². The van der Waals surface area contributed by atoms with E-state index in [0.717, 1.165) is 5.82 Å². The SMILES string of the molecule is CNC(=O)N1CCN(c2cc(Nc3ncc(C#N)s3)ncn2)CC1. The number of nitriles is 1. The number of aromatic nitrogens is 3. The molecule has 0 aliphatic carbocycles. The highest BCUT2D eigenvalue weighted by Gasteiger charge is 2.21. The number of carbonyl (C=O) groups excluding carboxylic acids is 1. The lowest BCUT2D eigenvalue weighted by atomic mass is 10.3. The molecule has 0 bridgehead atoms. The minimum Gasteiger partial charge on any atom is -0.353 e. The maximum Gasteiger partial charge on any atom is 0.317 e. The van der Waals surface area contributed by atoms with Gasteiger partial charge in [0.1, 0.15) is 28.9 Å². The van der Waals surface area contributed by atoms with Crippen molar-refractivity contribution in [1.29, 1.82) is 5.26 Å². The molecule has 0 spiro atoms. The lowest BCUT2D eigenvalue weighted by molar-refractivity contribution is 0.196. The van der Waals surface area contributed by atoms with E-state index in [4.69, 9.17) is 5.26 Å². The smallest absolute Gasteiger partial charge is 0.317 e. The summed E-state index contributed by atoms with van der Waals surface area (Å²) in [6.45, 7) is 2.70. The van der Waals surface area contributed by atoms with Gasteiger partial charge in [0.2, 0.25) is 0 Å². The first-order chi connectivity index (χ1) is 11.7. The fourth-order valence-electron chi connectivity index (χ4n) is 2.38. The molecule has 24 heavy (non-hydrogen) atoms. The number of nitrogens with zero attached hydrogens (tertiary/aromatic N) is 6. The van der Waals surface area contributed by atoms with Gasteiger partial charge in [0.15, 0.2) is 5.13 Å². The Morgan fingerprint density at radius 1 is 1.29 bits per heavy atom. The van der Waals surface area contributed by atoms with Crippen LogP contribution >= 0.6 is 11.3 Å². The molecule has 1 fully saturated rings. The van der Waals surface area contributed by atoms with E-state index in [1.165, 1.54) is 23.9 Å². The molecule has 0 atom stereocenters. The molecular weight excluding hydrogens is 328 g/mol. The first kappa shape index (κ1) is 15.9. The molecule has 1 aliphatic rings. The molecule has 9 nitrogen and oxygen atoms in total. The second kappa shape index (κ2) is 7.10. The van der Waals surface area contributed by atoms with Gasteiger partial charge in [-0.2, -0.15) is 5.26 Å². The Morgan fingerprint density at radius 3 is 2.75 bits per heavy atom. The zero-order valence-corrected chi connectivity index (χ0v) is 13.9. The van der Waals surface area contributed by atoms with Gasteiger partial charge in [-0.15, -0.1) is 0 Å². The number of hydrogen-bond acceptors (Lipinski definition) is 8. The number of piperazine rings is 1. The Morgan fingerprint density at radius 2 is 2.08 bits per heavy atom. The summed E-state index contributed by atoms with van der Waals surface area (Å²) in [5.74, 6) is 1.41. The molecule has 3 rings (SSSR count). The molecule has 2 aromatic rings. The van der Waals surface area contributed by atoms with E-state index in [1.54, 1.807) is 11.9 Å². The van der Waals surface area contributed by atoms with Crippen LogP contribution in [0.3, 0.4) is 0 Å². The van der Waals surface area contributed by atoms with Gasteiger partial charge < -0.3 is 20.4 Å². The van der Waals surface area contributed by atoms with Crippen LogP contribution in [0.5, 0.6) is 0 Å². The maximum absolute atomic E-state index is 11.6. The Kier molecular flexibility index (Phi) is 4.72. The lowest BCUT2D eigenvalue weighted by Gasteiger charge is -2.35. The van der Waals surface area contributed by atoms with Crippen molar-refractivity contribution in [1.82, 2.24) is 25.2 Å². The number of nitrogens with one attached hydrogen (secondary N) is 2. The fraction of sp³-hybridized carbons (Fsp3) is 0.357. The van der Waals surface area contributed by atoms with Crippen LogP contribution < -0.4 is 15.5 Å². The Hall–Kier alpha value is -2.93. The quantitative estimate of drug-likeness (QED) is 0.855. The molecule has 2 aromatic heterocycles. The molecule has 0 saturated carbocycles. The fourth-order valence-corrected chi connectivity index (χ4v) is 3.00. The van der Waals surface area contributed by atoms with E-state index in [-0.39, 0.29) is 6.03 Å². The third-order valence-corrected chi connectivity index (χ3v) is 4.43. The summed E-state index contributed by atoms with van der Waals surface area (Å²) >= 11 is 1.27. The van der Waals surface area contributed by atoms with Crippen LogP contribution in [0, 0.1) is 11.3 Å². The van der Waals surface area contributed by atoms with E-state index in [0.29, 0.717) is 42.0 Å². The number of rotatable bonds is 3. The van der Waals surface area contributed by atoms with Crippen LogP contribution in [0.15, 0.2) is 18.6 Å². The molecule has 0 radical (unpaired) electrons. The number of hydrogen-bond donors (Lipinski definition) is 2. The second-order valence-corrected chi connectivity index (χ2v) is 6.09. The van der Waals surface area contributed by atoms with Crippen molar-refractivity contribution in [2.75, 3.05) is 43.4 Å². The molecule has 0 aromatic carbocycles. The standard InChI is InChI=1S/C14H16N8OS/c1-16-14(23)22-4-2-21(3-5-22)12-6-11(18-9-19-12)20-13-17-8-10(7-15)24-13/h6,8-9H,2-5H2,1H3,(H,16,23)(H,17,18,19,20). The summed E-state index contributed by atoms with van der Waals surface area (Å²) in [6.07, 6.45) is 3.01. The van der Waals surface area contributed by atoms with Gasteiger partial charge in [0, 0.05) is 39.3 Å². The van der Waals surface area contributed by atoms with Gasteiger partial charge in [-0.05, 0) is 0 Å². The van der Waals surface area contributed by atoms with Crippen LogP contribution in [0.25, 0.3) is 0 Å². The zero-order chi connectivity index (χ0) is 16.9. The third kappa shape index (κ3) is 3.52. The van der Waals surface area contributed by atoms with E-state index in [1.807, 2.05) is 6.07 Å². The van der Waals surface area contributed by atoms with Crippen LogP contribution in [-0.2, 0) is 0 Å². The van der Waals surface area contributed by atoms with Gasteiger partial charge in [0.25, 0.3) is 0 Å².